The Morgan fingerprint density at radius 3 is 2.41 bits per heavy atom. The van der Waals surface area contributed by atoms with Gasteiger partial charge in [0, 0.05) is 38.2 Å². The molecule has 0 fully saturated rings. The third-order valence-corrected chi connectivity index (χ3v) is 8.02. The maximum Gasteiger partial charge on any atom is 0.243 e. The van der Waals surface area contributed by atoms with Gasteiger partial charge in [-0.15, -0.1) is 0 Å². The summed E-state index contributed by atoms with van der Waals surface area (Å²) in [6, 6.07) is 9.91. The van der Waals surface area contributed by atoms with Crippen LogP contribution in [0, 0.1) is 0 Å². The molecule has 172 valence electrons. The van der Waals surface area contributed by atoms with Crippen LogP contribution in [0.15, 0.2) is 41.3 Å². The van der Waals surface area contributed by atoms with E-state index >= 15 is 0 Å². The number of hydrogen-bond donors (Lipinski definition) is 1. The zero-order chi connectivity index (χ0) is 23.5. The number of halogens is 2. The highest BCUT2D eigenvalue weighted by Crippen LogP contribution is 2.26. The number of nitrogens with one attached hydrogen (secondary N) is 1. The second-order valence-corrected chi connectivity index (χ2v) is 9.94. The molecule has 2 aromatic carbocycles. The van der Waals surface area contributed by atoms with Crippen molar-refractivity contribution in [2.45, 2.75) is 45.1 Å². The summed E-state index contributed by atoms with van der Waals surface area (Å²) in [4.78, 5) is 17.3. The molecule has 1 heterocycles. The van der Waals surface area contributed by atoms with E-state index in [1.165, 1.54) is 4.31 Å². The van der Waals surface area contributed by atoms with E-state index in [1.54, 1.807) is 36.4 Å². The van der Waals surface area contributed by atoms with Gasteiger partial charge in [0.1, 0.15) is 5.82 Å². The van der Waals surface area contributed by atoms with Crippen molar-refractivity contribution in [1.29, 1.82) is 0 Å². The highest BCUT2D eigenvalue weighted by molar-refractivity contribution is 7.89. The number of sulfonamides is 1. The number of aromatic nitrogens is 2. The molecule has 32 heavy (non-hydrogen) atoms. The smallest absolute Gasteiger partial charge is 0.243 e. The molecule has 0 saturated heterocycles. The average Bonchev–Trinajstić information content (AvgIpc) is 3.12. The van der Waals surface area contributed by atoms with Gasteiger partial charge in [-0.2, -0.15) is 4.31 Å². The van der Waals surface area contributed by atoms with Gasteiger partial charge in [0.2, 0.25) is 15.9 Å². The predicted octanol–water partition coefficient (Wildman–Crippen LogP) is 4.96. The van der Waals surface area contributed by atoms with Crippen LogP contribution >= 0.6 is 23.2 Å². The first kappa shape index (κ1) is 24.5. The molecule has 0 aliphatic heterocycles. The van der Waals surface area contributed by atoms with Crippen LogP contribution in [0.1, 0.15) is 33.0 Å². The summed E-state index contributed by atoms with van der Waals surface area (Å²) in [5.74, 6) is 0.548. The fourth-order valence-electron chi connectivity index (χ4n) is 3.60. The van der Waals surface area contributed by atoms with Crippen molar-refractivity contribution in [3.63, 3.8) is 0 Å². The number of benzene rings is 2. The summed E-state index contributed by atoms with van der Waals surface area (Å²) in [6.07, 6.45) is 0.627. The van der Waals surface area contributed by atoms with Crippen LogP contribution in [0.25, 0.3) is 11.0 Å². The van der Waals surface area contributed by atoms with Crippen LogP contribution in [0.2, 0.25) is 10.0 Å². The number of fused-ring (bicyclic) bond motifs is 1. The third-order valence-electron chi connectivity index (χ3n) is 5.24. The lowest BCUT2D eigenvalue weighted by atomic mass is 10.2. The minimum absolute atomic E-state index is 0.178. The number of aryl methyl sites for hydroxylation is 2. The van der Waals surface area contributed by atoms with Crippen molar-refractivity contribution in [3.8, 4) is 0 Å². The zero-order valence-electron chi connectivity index (χ0n) is 18.2. The molecule has 0 aliphatic rings. The number of imidazole rings is 1. The van der Waals surface area contributed by atoms with Crippen molar-refractivity contribution in [2.24, 2.45) is 0 Å². The standard InChI is InChI=1S/C22H26Cl2N4O3S/c1-4-27(5-2)32(30,31)16-8-10-20-19(14-16)26-21(28(20)6-3)11-12-22(29)25-15-7-9-17(23)18(24)13-15/h7-10,13-14H,4-6,11-12H2,1-3H3,(H,25,29). The first-order chi connectivity index (χ1) is 15.2. The summed E-state index contributed by atoms with van der Waals surface area (Å²) in [5.41, 5.74) is 2.01. The topological polar surface area (TPSA) is 84.3 Å². The van der Waals surface area contributed by atoms with Crippen LogP contribution in [0.5, 0.6) is 0 Å². The zero-order valence-corrected chi connectivity index (χ0v) is 20.6. The minimum Gasteiger partial charge on any atom is -0.328 e. The fraction of sp³-hybridized carbons (Fsp3) is 0.364. The number of hydrogen-bond acceptors (Lipinski definition) is 4. The van der Waals surface area contributed by atoms with Crippen LogP contribution < -0.4 is 5.32 Å². The van der Waals surface area contributed by atoms with E-state index in [0.29, 0.717) is 47.3 Å². The number of nitrogens with zero attached hydrogens (tertiary/aromatic N) is 3. The van der Waals surface area contributed by atoms with E-state index in [1.807, 2.05) is 25.3 Å². The molecule has 1 amide bonds. The van der Waals surface area contributed by atoms with Crippen molar-refractivity contribution in [2.75, 3.05) is 18.4 Å². The SMILES string of the molecule is CCN(CC)S(=O)(=O)c1ccc2c(c1)nc(CCC(=O)Nc1ccc(Cl)c(Cl)c1)n2CC. The Kier molecular flexibility index (Phi) is 7.82. The summed E-state index contributed by atoms with van der Waals surface area (Å²) in [6.45, 7) is 7.07. The summed E-state index contributed by atoms with van der Waals surface area (Å²) in [7, 11) is -3.57. The van der Waals surface area contributed by atoms with Gasteiger partial charge in [0.25, 0.3) is 0 Å². The van der Waals surface area contributed by atoms with Gasteiger partial charge in [-0.3, -0.25) is 4.79 Å². The number of anilines is 1. The average molecular weight is 497 g/mol. The summed E-state index contributed by atoms with van der Waals surface area (Å²) in [5, 5.41) is 3.59. The quantitative estimate of drug-likeness (QED) is 0.453. The molecule has 0 saturated carbocycles. The molecule has 10 heteroatoms. The second kappa shape index (κ2) is 10.2. The predicted molar refractivity (Wildman–Crippen MR) is 129 cm³/mol. The van der Waals surface area contributed by atoms with Gasteiger partial charge in [-0.05, 0) is 43.3 Å². The largest absolute Gasteiger partial charge is 0.328 e. The Morgan fingerprint density at radius 1 is 1.06 bits per heavy atom. The van der Waals surface area contributed by atoms with Crippen molar-refractivity contribution in [1.82, 2.24) is 13.9 Å². The fourth-order valence-corrected chi connectivity index (χ4v) is 5.38. The first-order valence-electron chi connectivity index (χ1n) is 10.4. The highest BCUT2D eigenvalue weighted by Gasteiger charge is 2.23. The van der Waals surface area contributed by atoms with Crippen molar-refractivity contribution < 1.29 is 13.2 Å². The molecule has 0 atom stereocenters. The molecule has 0 aliphatic carbocycles. The normalized spacial score (nSPS) is 11.9. The summed E-state index contributed by atoms with van der Waals surface area (Å²) >= 11 is 11.9. The Balaban J connectivity index is 1.80. The van der Waals surface area contributed by atoms with Crippen LogP contribution in [-0.4, -0.2) is 41.3 Å². The molecule has 0 bridgehead atoms. The maximum atomic E-state index is 12.9. The Labute approximate surface area is 198 Å². The molecule has 0 radical (unpaired) electrons. The molecule has 3 rings (SSSR count). The molecule has 0 spiro atoms. The van der Waals surface area contributed by atoms with Gasteiger partial charge in [0.05, 0.1) is 26.0 Å². The Morgan fingerprint density at radius 2 is 1.78 bits per heavy atom. The Hall–Kier alpha value is -2.13. The molecule has 0 unspecified atom stereocenters. The lowest BCUT2D eigenvalue weighted by Gasteiger charge is -2.18. The van der Waals surface area contributed by atoms with Gasteiger partial charge < -0.3 is 9.88 Å². The number of amides is 1. The van der Waals surface area contributed by atoms with Gasteiger partial charge >= 0.3 is 0 Å². The van der Waals surface area contributed by atoms with E-state index in [2.05, 4.69) is 10.3 Å². The Bertz CT molecular complexity index is 1240. The third kappa shape index (κ3) is 5.09. The van der Waals surface area contributed by atoms with Crippen LogP contribution in [0.4, 0.5) is 5.69 Å². The molecule has 7 nitrogen and oxygen atoms in total. The number of rotatable bonds is 9. The van der Waals surface area contributed by atoms with Crippen LogP contribution in [0.3, 0.4) is 0 Å². The monoisotopic (exact) mass is 496 g/mol. The van der Waals surface area contributed by atoms with Crippen molar-refractivity contribution in [3.05, 3.63) is 52.3 Å². The first-order valence-corrected chi connectivity index (χ1v) is 12.6. The second-order valence-electron chi connectivity index (χ2n) is 7.19. The molecule has 1 N–H and O–H groups in total. The van der Waals surface area contributed by atoms with Gasteiger partial charge in [-0.1, -0.05) is 37.0 Å². The minimum atomic E-state index is -3.57. The number of carbonyl (C=O) groups is 1. The highest BCUT2D eigenvalue weighted by atomic mass is 35.5. The van der Waals surface area contributed by atoms with Crippen LogP contribution in [-0.2, 0) is 27.8 Å². The van der Waals surface area contributed by atoms with E-state index in [-0.39, 0.29) is 17.2 Å². The van der Waals surface area contributed by atoms with Gasteiger partial charge in [-0.25, -0.2) is 13.4 Å². The molecular formula is C22H26Cl2N4O3S. The molecule has 3 aromatic rings. The lowest BCUT2D eigenvalue weighted by molar-refractivity contribution is -0.116. The maximum absolute atomic E-state index is 12.9. The van der Waals surface area contributed by atoms with E-state index in [0.717, 1.165) is 11.3 Å². The number of carbonyl (C=O) groups excluding carboxylic acids is 1. The van der Waals surface area contributed by atoms with E-state index in [9.17, 15) is 13.2 Å². The van der Waals surface area contributed by atoms with Gasteiger partial charge in [0.15, 0.2) is 0 Å². The lowest BCUT2D eigenvalue weighted by Crippen LogP contribution is -2.30. The van der Waals surface area contributed by atoms with E-state index in [4.69, 9.17) is 23.2 Å². The molecular weight excluding hydrogens is 471 g/mol. The van der Waals surface area contributed by atoms with Crippen molar-refractivity contribution >= 4 is 55.9 Å². The van der Waals surface area contributed by atoms with E-state index < -0.39 is 10.0 Å². The molecule has 1 aromatic heterocycles. The summed E-state index contributed by atoms with van der Waals surface area (Å²) < 4.78 is 29.1.